The minimum Gasteiger partial charge on any atom is -0.462 e. The quantitative estimate of drug-likeness (QED) is 0.0222. The molecule has 0 radical (unpaired) electrons. The van der Waals surface area contributed by atoms with Gasteiger partial charge in [-0.05, 0) is 49.4 Å². The van der Waals surface area contributed by atoms with E-state index < -0.39 is 97.5 Å². The van der Waals surface area contributed by atoms with Crippen molar-refractivity contribution in [1.29, 1.82) is 0 Å². The molecular weight excluding hydrogens is 1130 g/mol. The lowest BCUT2D eigenvalue weighted by Gasteiger charge is -2.21. The maximum atomic E-state index is 13.0. The molecule has 85 heavy (non-hydrogen) atoms. The molecule has 0 aliphatic heterocycles. The molecule has 0 amide bonds. The highest BCUT2D eigenvalue weighted by atomic mass is 31.2. The molecule has 3 N–H and O–H groups in total. The number of rotatable bonds is 63. The maximum absolute atomic E-state index is 13.0. The second-order valence-electron chi connectivity index (χ2n) is 25.8. The summed E-state index contributed by atoms with van der Waals surface area (Å²) in [6.07, 6.45) is 36.4. The molecule has 0 aliphatic rings. The summed E-state index contributed by atoms with van der Waals surface area (Å²) in [5.41, 5.74) is 0. The summed E-state index contributed by atoms with van der Waals surface area (Å²) in [6.45, 7) is 14.0. The monoisotopic (exact) mass is 1250 g/mol. The van der Waals surface area contributed by atoms with E-state index in [4.69, 9.17) is 37.0 Å². The van der Waals surface area contributed by atoms with Crippen molar-refractivity contribution in [2.45, 2.75) is 337 Å². The number of ether oxygens (including phenoxy) is 4. The zero-order valence-corrected chi connectivity index (χ0v) is 57.0. The highest BCUT2D eigenvalue weighted by Gasteiger charge is 2.30. The average Bonchev–Trinajstić information content (AvgIpc) is 3.57. The fourth-order valence-corrected chi connectivity index (χ4v) is 11.4. The third kappa shape index (κ3) is 60.7. The molecule has 0 aromatic heterocycles. The van der Waals surface area contributed by atoms with Crippen LogP contribution in [0.15, 0.2) is 0 Å². The van der Waals surface area contributed by atoms with Gasteiger partial charge < -0.3 is 33.8 Å². The number of phosphoric ester groups is 2. The van der Waals surface area contributed by atoms with Gasteiger partial charge in [-0.3, -0.25) is 37.3 Å². The predicted octanol–water partition coefficient (Wildman–Crippen LogP) is 18.1. The largest absolute Gasteiger partial charge is 0.472 e. The first-order chi connectivity index (χ1) is 40.6. The van der Waals surface area contributed by atoms with Gasteiger partial charge in [0.15, 0.2) is 12.2 Å². The fraction of sp³-hybridized carbons (Fsp3) is 0.939. The standard InChI is InChI=1S/C66H128O17P2/c1-56(2)42-34-26-18-12-9-10-14-22-32-40-48-65(70)82-61(52-76-63(68)46-38-30-21-17-16-20-28-36-44-58(5)6)54-80-84(72,73)78-50-60(67)51-79-85(74,75)81-55-62(53-77-64(69)47-39-31-25-24-29-37-45-59(7)8)83-66(71)49-41-33-23-15-11-13-19-27-35-43-57(3)4/h56-62,67H,9-55H2,1-8H3,(H,72,73)(H,74,75)/t60?,61-,62-/m1/s1. The Bertz CT molecular complexity index is 1700. The molecule has 0 bridgehead atoms. The first-order valence-corrected chi connectivity index (χ1v) is 37.2. The van der Waals surface area contributed by atoms with Crippen LogP contribution in [0.2, 0.25) is 0 Å². The van der Waals surface area contributed by atoms with Crippen LogP contribution in [0, 0.1) is 23.7 Å². The van der Waals surface area contributed by atoms with Crippen molar-refractivity contribution in [3.05, 3.63) is 0 Å². The van der Waals surface area contributed by atoms with E-state index >= 15 is 0 Å². The first kappa shape index (κ1) is 83.1. The summed E-state index contributed by atoms with van der Waals surface area (Å²) in [5, 5.41) is 10.5. The van der Waals surface area contributed by atoms with E-state index in [1.165, 1.54) is 116 Å². The Balaban J connectivity index is 5.26. The highest BCUT2D eigenvalue weighted by molar-refractivity contribution is 7.47. The van der Waals surface area contributed by atoms with Crippen LogP contribution in [0.4, 0.5) is 0 Å². The zero-order valence-electron chi connectivity index (χ0n) is 55.2. The van der Waals surface area contributed by atoms with Crippen LogP contribution in [0.5, 0.6) is 0 Å². The molecule has 0 fully saturated rings. The van der Waals surface area contributed by atoms with Gasteiger partial charge in [0.25, 0.3) is 0 Å². The molecule has 0 aromatic carbocycles. The minimum absolute atomic E-state index is 0.103. The van der Waals surface area contributed by atoms with Gasteiger partial charge >= 0.3 is 39.5 Å². The van der Waals surface area contributed by atoms with Crippen molar-refractivity contribution in [2.24, 2.45) is 23.7 Å². The Labute approximate surface area is 517 Å². The third-order valence-corrected chi connectivity index (χ3v) is 17.0. The molecule has 5 atom stereocenters. The topological polar surface area (TPSA) is 237 Å². The molecule has 0 saturated heterocycles. The van der Waals surface area contributed by atoms with Gasteiger partial charge in [-0.15, -0.1) is 0 Å². The van der Waals surface area contributed by atoms with E-state index in [2.05, 4.69) is 55.4 Å². The van der Waals surface area contributed by atoms with Crippen LogP contribution in [0.1, 0.15) is 319 Å². The number of phosphoric acid groups is 2. The Morgan fingerprint density at radius 1 is 0.294 bits per heavy atom. The number of hydrogen-bond acceptors (Lipinski definition) is 15. The Hall–Kier alpha value is -1.94. The molecule has 0 rings (SSSR count). The Morgan fingerprint density at radius 2 is 0.494 bits per heavy atom. The summed E-state index contributed by atoms with van der Waals surface area (Å²) in [5.74, 6) is 0.757. The summed E-state index contributed by atoms with van der Waals surface area (Å²) in [7, 11) is -9.89. The smallest absolute Gasteiger partial charge is 0.462 e. The normalized spacial score (nSPS) is 14.4. The van der Waals surface area contributed by atoms with Gasteiger partial charge in [-0.1, -0.05) is 267 Å². The van der Waals surface area contributed by atoms with E-state index in [1.54, 1.807) is 0 Å². The molecule has 17 nitrogen and oxygen atoms in total. The van der Waals surface area contributed by atoms with E-state index in [1.807, 2.05) is 0 Å². The third-order valence-electron chi connectivity index (χ3n) is 15.1. The number of esters is 4. The Kier molecular flexibility index (Phi) is 54.8. The van der Waals surface area contributed by atoms with Crippen molar-refractivity contribution in [2.75, 3.05) is 39.6 Å². The van der Waals surface area contributed by atoms with Crippen molar-refractivity contribution in [3.8, 4) is 0 Å². The minimum atomic E-state index is -4.95. The molecule has 3 unspecified atom stereocenters. The summed E-state index contributed by atoms with van der Waals surface area (Å²) in [6, 6.07) is 0. The number of carbonyl (C=O) groups is 4. The SMILES string of the molecule is CC(C)CCCCCCCCCCCCC(=O)O[C@H](COC(=O)CCCCCCCCCCC(C)C)COP(=O)(O)OCC(O)COP(=O)(O)OC[C@@H](COC(=O)CCCCCCCCC(C)C)OC(=O)CCCCCCCCCCCC(C)C. The van der Waals surface area contributed by atoms with Crippen molar-refractivity contribution in [3.63, 3.8) is 0 Å². The van der Waals surface area contributed by atoms with Crippen LogP contribution in [0.25, 0.3) is 0 Å². The van der Waals surface area contributed by atoms with Crippen molar-refractivity contribution < 1.29 is 80.2 Å². The van der Waals surface area contributed by atoms with Crippen LogP contribution >= 0.6 is 15.6 Å². The van der Waals surface area contributed by atoms with Crippen LogP contribution < -0.4 is 0 Å². The summed E-state index contributed by atoms with van der Waals surface area (Å²) in [4.78, 5) is 72.3. The van der Waals surface area contributed by atoms with E-state index in [9.17, 15) is 43.2 Å². The van der Waals surface area contributed by atoms with Gasteiger partial charge in [0.1, 0.15) is 19.3 Å². The molecule has 0 heterocycles. The van der Waals surface area contributed by atoms with Gasteiger partial charge in [0, 0.05) is 25.7 Å². The second-order valence-corrected chi connectivity index (χ2v) is 28.7. The van der Waals surface area contributed by atoms with Crippen LogP contribution in [-0.4, -0.2) is 96.7 Å². The van der Waals surface area contributed by atoms with Gasteiger partial charge in [-0.2, -0.15) is 0 Å². The average molecular weight is 1260 g/mol. The molecule has 504 valence electrons. The molecule has 19 heteroatoms. The summed E-state index contributed by atoms with van der Waals surface area (Å²) < 4.78 is 68.1. The van der Waals surface area contributed by atoms with Crippen molar-refractivity contribution >= 4 is 39.5 Å². The van der Waals surface area contributed by atoms with Crippen LogP contribution in [-0.2, 0) is 65.4 Å². The number of aliphatic hydroxyl groups is 1. The predicted molar refractivity (Wildman–Crippen MR) is 340 cm³/mol. The van der Waals surface area contributed by atoms with E-state index in [0.717, 1.165) is 114 Å². The van der Waals surface area contributed by atoms with E-state index in [0.29, 0.717) is 31.6 Å². The lowest BCUT2D eigenvalue weighted by atomic mass is 10.0. The fourth-order valence-electron chi connectivity index (χ4n) is 9.78. The lowest BCUT2D eigenvalue weighted by molar-refractivity contribution is -0.161. The number of aliphatic hydroxyl groups excluding tert-OH is 1. The first-order valence-electron chi connectivity index (χ1n) is 34.2. The van der Waals surface area contributed by atoms with E-state index in [-0.39, 0.29) is 25.7 Å². The van der Waals surface area contributed by atoms with Gasteiger partial charge in [-0.25, -0.2) is 9.13 Å². The molecular formula is C66H128O17P2. The molecule has 0 spiro atoms. The number of hydrogen-bond donors (Lipinski definition) is 3. The lowest BCUT2D eigenvalue weighted by Crippen LogP contribution is -2.30. The number of carbonyl (C=O) groups excluding carboxylic acids is 4. The second kappa shape index (κ2) is 56.1. The molecule has 0 saturated carbocycles. The van der Waals surface area contributed by atoms with Gasteiger partial charge in [0.05, 0.1) is 26.4 Å². The Morgan fingerprint density at radius 3 is 0.729 bits per heavy atom. The molecule has 0 aliphatic carbocycles. The zero-order chi connectivity index (χ0) is 63.2. The van der Waals surface area contributed by atoms with Gasteiger partial charge in [0.2, 0.25) is 0 Å². The van der Waals surface area contributed by atoms with Crippen LogP contribution in [0.3, 0.4) is 0 Å². The number of unbranched alkanes of at least 4 members (excludes halogenated alkanes) is 29. The maximum Gasteiger partial charge on any atom is 0.472 e. The van der Waals surface area contributed by atoms with Crippen molar-refractivity contribution in [1.82, 2.24) is 0 Å². The summed E-state index contributed by atoms with van der Waals surface area (Å²) >= 11 is 0. The highest BCUT2D eigenvalue weighted by Crippen LogP contribution is 2.45. The molecule has 0 aromatic rings.